The van der Waals surface area contributed by atoms with E-state index >= 15 is 0 Å². The van der Waals surface area contributed by atoms with Crippen molar-refractivity contribution in [3.05, 3.63) is 0 Å². The number of rotatable bonds is 4. The van der Waals surface area contributed by atoms with Crippen molar-refractivity contribution >= 4 is 10.1 Å². The van der Waals surface area contributed by atoms with Crippen LogP contribution in [0.25, 0.3) is 0 Å². The highest BCUT2D eigenvalue weighted by Gasteiger charge is 1.97. The summed E-state index contributed by atoms with van der Waals surface area (Å²) in [5.41, 5.74) is 0. The topological polar surface area (TPSA) is 43.1 Å². The van der Waals surface area contributed by atoms with Crippen molar-refractivity contribution in [3.63, 3.8) is 0 Å². The maximum atomic E-state index is 10.9. The van der Waals surface area contributed by atoms with Crippen LogP contribution in [0.5, 0.6) is 0 Å². The van der Waals surface area contributed by atoms with E-state index in [0.717, 1.165) is 12.8 Å². The van der Waals surface area contributed by atoms with E-state index in [9.17, 15) is 4.21 Å². The fourth-order valence-electron chi connectivity index (χ4n) is 0.676. The molecule has 0 amide bonds. The second kappa shape index (κ2) is 4.01. The number of unbranched alkanes of at least 4 members (excludes halogenated alkanes) is 2. The third kappa shape index (κ3) is 8.11. The van der Waals surface area contributed by atoms with Gasteiger partial charge in [0, 0.05) is 12.0 Å². The van der Waals surface area contributed by atoms with Crippen LogP contribution in [0.15, 0.2) is 0 Å². The predicted molar refractivity (Wildman–Crippen MR) is 44.0 cm³/mol. The number of hydrogen-bond acceptors (Lipinski definition) is 1. The van der Waals surface area contributed by atoms with Crippen molar-refractivity contribution in [1.29, 1.82) is 0 Å². The molecule has 0 aromatic rings. The lowest BCUT2D eigenvalue weighted by Crippen LogP contribution is -2.24. The maximum absolute atomic E-state index is 10.9. The van der Waals surface area contributed by atoms with Gasteiger partial charge in [0.1, 0.15) is 0 Å². The molecule has 2 nitrogen and oxygen atoms in total. The van der Waals surface area contributed by atoms with E-state index in [4.69, 9.17) is 5.14 Å². The molecular formula is C6H17NOS. The quantitative estimate of drug-likeness (QED) is 0.451. The molecule has 0 fully saturated rings. The summed E-state index contributed by atoms with van der Waals surface area (Å²) in [6.45, 7) is 2.12. The van der Waals surface area contributed by atoms with Gasteiger partial charge in [-0.1, -0.05) is 29.9 Å². The van der Waals surface area contributed by atoms with Crippen LogP contribution in [0, 0.1) is 0 Å². The van der Waals surface area contributed by atoms with Crippen LogP contribution in [0.4, 0.5) is 0 Å². The molecule has 0 aliphatic carbocycles. The van der Waals surface area contributed by atoms with E-state index in [1.165, 1.54) is 6.42 Å². The summed E-state index contributed by atoms with van der Waals surface area (Å²) in [5.74, 6) is 0.709. The van der Waals surface area contributed by atoms with Crippen molar-refractivity contribution in [2.45, 2.75) is 26.2 Å². The summed E-state index contributed by atoms with van der Waals surface area (Å²) in [6.07, 6.45) is 4.97. The van der Waals surface area contributed by atoms with Gasteiger partial charge >= 0.3 is 0 Å². The molecule has 0 radical (unpaired) electrons. The average Bonchev–Trinajstić information content (AvgIpc) is 1.63. The summed E-state index contributed by atoms with van der Waals surface area (Å²) in [6, 6.07) is 0. The Hall–Kier alpha value is 0.110. The van der Waals surface area contributed by atoms with E-state index in [0.29, 0.717) is 5.75 Å². The minimum atomic E-state index is -2.20. The first-order valence-corrected chi connectivity index (χ1v) is 5.82. The smallest absolute Gasteiger partial charge is 0.0123 e. The molecule has 9 heavy (non-hydrogen) atoms. The summed E-state index contributed by atoms with van der Waals surface area (Å²) < 4.78 is 10.9. The SMILES string of the molecule is CCCCC[SH](C)(N)=O. The number of thiol groups is 1. The van der Waals surface area contributed by atoms with Gasteiger partial charge in [0.25, 0.3) is 0 Å². The zero-order chi connectivity index (χ0) is 7.33. The Morgan fingerprint density at radius 2 is 2.00 bits per heavy atom. The van der Waals surface area contributed by atoms with Crippen LogP contribution >= 0.6 is 0 Å². The minimum absolute atomic E-state index is 0.709. The molecule has 0 spiro atoms. The first-order chi connectivity index (χ1) is 4.06. The molecule has 0 atom stereocenters. The van der Waals surface area contributed by atoms with Crippen molar-refractivity contribution in [1.82, 2.24) is 0 Å². The molecule has 0 aromatic carbocycles. The summed E-state index contributed by atoms with van der Waals surface area (Å²) >= 11 is 0. The van der Waals surface area contributed by atoms with E-state index in [1.807, 2.05) is 0 Å². The Labute approximate surface area is 58.4 Å². The molecular weight excluding hydrogens is 134 g/mol. The number of hydrogen-bond donors (Lipinski definition) is 2. The second-order valence-corrected chi connectivity index (χ2v) is 5.40. The van der Waals surface area contributed by atoms with Crippen LogP contribution < -0.4 is 5.14 Å². The zero-order valence-corrected chi connectivity index (χ0v) is 7.16. The molecule has 2 N–H and O–H groups in total. The fraction of sp³-hybridized carbons (Fsp3) is 1.00. The molecule has 0 unspecified atom stereocenters. The molecule has 0 aliphatic rings. The molecule has 0 aliphatic heterocycles. The highest BCUT2D eigenvalue weighted by atomic mass is 32.3. The van der Waals surface area contributed by atoms with Crippen LogP contribution in [-0.2, 0) is 10.1 Å². The van der Waals surface area contributed by atoms with Crippen molar-refractivity contribution in [2.24, 2.45) is 5.14 Å². The molecule has 0 saturated heterocycles. The van der Waals surface area contributed by atoms with Gasteiger partial charge in [-0.2, -0.15) is 0 Å². The lowest BCUT2D eigenvalue weighted by Gasteiger charge is -2.10. The van der Waals surface area contributed by atoms with Crippen LogP contribution in [0.2, 0.25) is 0 Å². The van der Waals surface area contributed by atoms with Gasteiger partial charge < -0.3 is 0 Å². The molecule has 3 heteroatoms. The maximum Gasteiger partial charge on any atom is 0.0123 e. The fourth-order valence-corrected chi connectivity index (χ4v) is 1.53. The molecule has 0 bridgehead atoms. The van der Waals surface area contributed by atoms with Gasteiger partial charge in [0.15, 0.2) is 0 Å². The Balaban J connectivity index is 3.18. The van der Waals surface area contributed by atoms with Crippen LogP contribution in [0.3, 0.4) is 0 Å². The van der Waals surface area contributed by atoms with Gasteiger partial charge in [0.05, 0.1) is 0 Å². The Kier molecular flexibility index (Phi) is 4.06. The Morgan fingerprint density at radius 1 is 1.44 bits per heavy atom. The minimum Gasteiger partial charge on any atom is -0.274 e. The standard InChI is InChI=1S/C6H17NOS/c1-3-4-5-6-9(2,7)8/h9H,3-6H2,1-2H3,(H2,7,8). The van der Waals surface area contributed by atoms with E-state index in [-0.39, 0.29) is 0 Å². The molecule has 0 aromatic heterocycles. The van der Waals surface area contributed by atoms with Gasteiger partial charge in [-0.15, -0.1) is 0 Å². The van der Waals surface area contributed by atoms with E-state index in [1.54, 1.807) is 6.26 Å². The van der Waals surface area contributed by atoms with Crippen LogP contribution in [0.1, 0.15) is 26.2 Å². The number of nitrogens with two attached hydrogens (primary N) is 1. The van der Waals surface area contributed by atoms with Crippen molar-refractivity contribution in [3.8, 4) is 0 Å². The van der Waals surface area contributed by atoms with Crippen molar-refractivity contribution in [2.75, 3.05) is 12.0 Å². The monoisotopic (exact) mass is 151 g/mol. The van der Waals surface area contributed by atoms with Crippen molar-refractivity contribution < 1.29 is 4.21 Å². The first kappa shape index (κ1) is 9.11. The van der Waals surface area contributed by atoms with E-state index in [2.05, 4.69) is 6.92 Å². The third-order valence-electron chi connectivity index (χ3n) is 1.21. The highest BCUT2D eigenvalue weighted by molar-refractivity contribution is 8.00. The Bertz CT molecular complexity index is 108. The Morgan fingerprint density at radius 3 is 2.33 bits per heavy atom. The lowest BCUT2D eigenvalue weighted by molar-refractivity contribution is 0.668. The molecule has 0 heterocycles. The largest absolute Gasteiger partial charge is 0.274 e. The van der Waals surface area contributed by atoms with Gasteiger partial charge in [0.2, 0.25) is 0 Å². The second-order valence-electron chi connectivity index (χ2n) is 2.60. The normalized spacial score (nSPS) is 13.7. The highest BCUT2D eigenvalue weighted by Crippen LogP contribution is 1.98. The molecule has 0 saturated carbocycles. The van der Waals surface area contributed by atoms with Gasteiger partial charge in [-0.25, -0.2) is 0 Å². The average molecular weight is 151 g/mol. The van der Waals surface area contributed by atoms with Crippen LogP contribution in [-0.4, -0.2) is 16.2 Å². The molecule has 0 rings (SSSR count). The van der Waals surface area contributed by atoms with Gasteiger partial charge in [-0.3, -0.25) is 9.35 Å². The zero-order valence-electron chi connectivity index (χ0n) is 6.26. The predicted octanol–water partition coefficient (Wildman–Crippen LogP) is 0.697. The van der Waals surface area contributed by atoms with E-state index < -0.39 is 10.1 Å². The summed E-state index contributed by atoms with van der Waals surface area (Å²) in [4.78, 5) is 0. The summed E-state index contributed by atoms with van der Waals surface area (Å²) in [5, 5.41) is 5.33. The third-order valence-corrected chi connectivity index (χ3v) is 2.41. The van der Waals surface area contributed by atoms with Gasteiger partial charge in [-0.05, 0) is 6.42 Å². The molecule has 58 valence electrons. The summed E-state index contributed by atoms with van der Waals surface area (Å²) in [7, 11) is -2.20. The lowest BCUT2D eigenvalue weighted by atomic mass is 10.3. The first-order valence-electron chi connectivity index (χ1n) is 3.41.